The van der Waals surface area contributed by atoms with E-state index < -0.39 is 39.4 Å². The van der Waals surface area contributed by atoms with E-state index in [2.05, 4.69) is 174 Å². The van der Waals surface area contributed by atoms with Gasteiger partial charge in [0.1, 0.15) is 0 Å². The molecule has 0 amide bonds. The molecule has 8 rings (SSSR count). The first kappa shape index (κ1) is 44.2. The third-order valence-corrected chi connectivity index (χ3v) is 22.7. The normalized spacial score (nSPS) is 15.9. The summed E-state index contributed by atoms with van der Waals surface area (Å²) in [7, 11) is -2.76. The number of rotatable bonds is 12. The molecule has 2 aromatic heterocycles. The molecule has 0 bridgehead atoms. The van der Waals surface area contributed by atoms with Crippen LogP contribution < -0.4 is 35.2 Å². The fourth-order valence-corrected chi connectivity index (χ4v) is 18.5. The predicted molar refractivity (Wildman–Crippen MR) is 248 cm³/mol. The van der Waals surface area contributed by atoms with Crippen LogP contribution in [0.15, 0.2) is 109 Å². The van der Waals surface area contributed by atoms with Crippen LogP contribution in [0, 0.1) is 0 Å². The van der Waals surface area contributed by atoms with E-state index in [1.165, 1.54) is 76.1 Å². The van der Waals surface area contributed by atoms with Gasteiger partial charge < -0.3 is 24.8 Å². The van der Waals surface area contributed by atoms with Crippen molar-refractivity contribution in [2.45, 2.75) is 86.1 Å². The van der Waals surface area contributed by atoms with Crippen molar-refractivity contribution in [3.63, 3.8) is 0 Å². The van der Waals surface area contributed by atoms with Gasteiger partial charge in [-0.05, 0) is 0 Å². The van der Waals surface area contributed by atoms with Gasteiger partial charge in [-0.15, -0.1) is 0 Å². The van der Waals surface area contributed by atoms with E-state index >= 15 is 0 Å². The van der Waals surface area contributed by atoms with Crippen molar-refractivity contribution in [2.75, 3.05) is 0 Å². The van der Waals surface area contributed by atoms with Gasteiger partial charge in [0.15, 0.2) is 0 Å². The summed E-state index contributed by atoms with van der Waals surface area (Å²) in [5, 5.41) is 3.05. The smallest absolute Gasteiger partial charge is 1.00 e. The summed E-state index contributed by atoms with van der Waals surface area (Å²) < 4.78 is 0.948. The van der Waals surface area contributed by atoms with Crippen molar-refractivity contribution < 1.29 is 48.0 Å². The first-order valence-corrected chi connectivity index (χ1v) is 31.7. The van der Waals surface area contributed by atoms with Gasteiger partial charge in [-0.25, -0.2) is 0 Å². The third kappa shape index (κ3) is 9.07. The molecule has 7 heteroatoms. The minimum absolute atomic E-state index is 0. The van der Waals surface area contributed by atoms with Crippen LogP contribution in [0.1, 0.15) is 75.7 Å². The van der Waals surface area contributed by atoms with Gasteiger partial charge in [-0.1, -0.05) is 0 Å². The summed E-state index contributed by atoms with van der Waals surface area (Å²) >= 11 is 2.87. The number of thiophene rings is 2. The first-order valence-electron chi connectivity index (χ1n) is 20.3. The van der Waals surface area contributed by atoms with E-state index in [1.807, 2.05) is 22.7 Å². The van der Waals surface area contributed by atoms with E-state index in [0.29, 0.717) is 7.25 Å². The molecule has 0 spiro atoms. The molecular formula is C50H54Cl2S2Si2Zr. The van der Waals surface area contributed by atoms with Crippen molar-refractivity contribution in [3.05, 3.63) is 151 Å². The number of aryl methyl sites for hydroxylation is 2. The molecule has 0 saturated heterocycles. The second kappa shape index (κ2) is 18.1. The summed E-state index contributed by atoms with van der Waals surface area (Å²) in [4.78, 5) is 5.98. The van der Waals surface area contributed by atoms with Crippen molar-refractivity contribution in [3.8, 4) is 22.3 Å². The van der Waals surface area contributed by atoms with E-state index in [0.717, 1.165) is 12.8 Å². The fourth-order valence-electron chi connectivity index (χ4n) is 8.39. The second-order valence-electron chi connectivity index (χ2n) is 17.5. The van der Waals surface area contributed by atoms with E-state index in [9.17, 15) is 0 Å². The van der Waals surface area contributed by atoms with Gasteiger partial charge >= 0.3 is 355 Å². The maximum atomic E-state index is 2.62. The standard InChI is InChI=1S/2C25H27SSi.2ClH.Zr/c2*1-5-7-21-12-15-25(26-21)20-16-19-8-6-9-23(24(19)17-20)18-10-13-22(14-11-18)27(2,3)4;;;/h2*6,8-17H,5,7H2,1-4H3;2*1H;/q;;;;+2/p-2. The van der Waals surface area contributed by atoms with Crippen LogP contribution in [-0.2, 0) is 36.1 Å². The second-order valence-corrected chi connectivity index (χ2v) is 33.7. The van der Waals surface area contributed by atoms with Crippen LogP contribution in [0.5, 0.6) is 0 Å². The maximum Gasteiger partial charge on any atom is -1.00 e. The quantitative estimate of drug-likeness (QED) is 0.109. The number of fused-ring (bicyclic) bond motifs is 2. The number of halogens is 2. The Morgan fingerprint density at radius 2 is 0.877 bits per heavy atom. The summed E-state index contributed by atoms with van der Waals surface area (Å²) in [6, 6.07) is 43.3. The zero-order valence-electron chi connectivity index (χ0n) is 34.6. The fraction of sp³-hybridized carbons (Fsp3) is 0.280. The van der Waals surface area contributed by atoms with Crippen molar-refractivity contribution in [1.82, 2.24) is 0 Å². The van der Waals surface area contributed by atoms with Gasteiger partial charge in [-0.3, -0.25) is 0 Å². The molecule has 0 saturated carbocycles. The Balaban J connectivity index is 0.00000275. The molecule has 6 aromatic rings. The molecular weight excluding hydrogens is 883 g/mol. The van der Waals surface area contributed by atoms with Gasteiger partial charge in [0.2, 0.25) is 0 Å². The Morgan fingerprint density at radius 1 is 0.491 bits per heavy atom. The molecule has 292 valence electrons. The molecule has 4 aromatic carbocycles. The maximum absolute atomic E-state index is 2.62. The SMILES string of the molecule is CCCc1ccc(C2=Cc3c(-c4ccc([Si](C)(C)C)cc4)cccc3[CH]2[Zr+2][CH]2C(c3ccc(CCC)s3)=Cc3c(-c4ccc([Si](C)(C)C)cc4)cccc32)s1.[Cl-].[Cl-]. The summed E-state index contributed by atoms with van der Waals surface area (Å²) in [6.45, 7) is 19.3. The van der Waals surface area contributed by atoms with E-state index in [-0.39, 0.29) is 24.8 Å². The minimum Gasteiger partial charge on any atom is -1.00 e. The molecule has 2 aliphatic carbocycles. The molecule has 2 atom stereocenters. The molecule has 57 heavy (non-hydrogen) atoms. The Morgan fingerprint density at radius 3 is 1.23 bits per heavy atom. The molecule has 0 fully saturated rings. The summed E-state index contributed by atoms with van der Waals surface area (Å²) in [5.74, 6) is 0. The van der Waals surface area contributed by atoms with Crippen LogP contribution in [0.3, 0.4) is 0 Å². The largest absolute Gasteiger partial charge is 1.00 e. The number of hydrogen-bond acceptors (Lipinski definition) is 2. The van der Waals surface area contributed by atoms with Gasteiger partial charge in [0, 0.05) is 0 Å². The van der Waals surface area contributed by atoms with Crippen molar-refractivity contribution in [1.29, 1.82) is 0 Å². The average molecular weight is 937 g/mol. The van der Waals surface area contributed by atoms with Crippen LogP contribution in [-0.4, -0.2) is 16.1 Å². The predicted octanol–water partition coefficient (Wildman–Crippen LogP) is 8.12. The molecule has 0 aliphatic heterocycles. The summed E-state index contributed by atoms with van der Waals surface area (Å²) in [5.41, 5.74) is 14.6. The molecule has 0 nitrogen and oxygen atoms in total. The van der Waals surface area contributed by atoms with Crippen LogP contribution >= 0.6 is 22.7 Å². The Bertz CT molecular complexity index is 2240. The Kier molecular flexibility index (Phi) is 14.0. The van der Waals surface area contributed by atoms with Crippen molar-refractivity contribution in [2.24, 2.45) is 0 Å². The number of benzene rings is 4. The number of hydrogen-bond donors (Lipinski definition) is 0. The molecule has 0 radical (unpaired) electrons. The van der Waals surface area contributed by atoms with Crippen LogP contribution in [0.2, 0.25) is 39.3 Å². The zero-order chi connectivity index (χ0) is 38.5. The Labute approximate surface area is 376 Å². The van der Waals surface area contributed by atoms with Crippen LogP contribution in [0.25, 0.3) is 45.6 Å². The van der Waals surface area contributed by atoms with Gasteiger partial charge in [0.25, 0.3) is 0 Å². The van der Waals surface area contributed by atoms with E-state index in [4.69, 9.17) is 0 Å². The molecule has 2 aliphatic rings. The topological polar surface area (TPSA) is 0 Å². The average Bonchev–Trinajstić information content (AvgIpc) is 3.97. The first-order chi connectivity index (χ1) is 26.4. The van der Waals surface area contributed by atoms with Gasteiger partial charge in [0.05, 0.1) is 0 Å². The monoisotopic (exact) mass is 934 g/mol. The summed E-state index contributed by atoms with van der Waals surface area (Å²) in [6.07, 6.45) is 9.93. The molecule has 0 N–H and O–H groups in total. The Hall–Kier alpha value is -2.34. The molecule has 2 heterocycles. The van der Waals surface area contributed by atoms with Crippen LogP contribution in [0.4, 0.5) is 0 Å². The van der Waals surface area contributed by atoms with E-state index in [1.54, 1.807) is 22.3 Å². The molecule has 2 unspecified atom stereocenters. The zero-order valence-corrected chi connectivity index (χ0v) is 42.2. The third-order valence-electron chi connectivity index (χ3n) is 11.5. The minimum atomic E-state index is -1.38. The van der Waals surface area contributed by atoms with Crippen molar-refractivity contribution >= 4 is 72.5 Å². The van der Waals surface area contributed by atoms with Gasteiger partial charge in [-0.2, -0.15) is 0 Å². The number of allylic oxidation sites excluding steroid dienone is 2.